The number of anilines is 2. The summed E-state index contributed by atoms with van der Waals surface area (Å²) in [5.41, 5.74) is 5.54. The van der Waals surface area contributed by atoms with Gasteiger partial charge in [0.1, 0.15) is 16.8 Å². The molecule has 0 aliphatic rings. The summed E-state index contributed by atoms with van der Waals surface area (Å²) in [7, 11) is 0. The van der Waals surface area contributed by atoms with E-state index in [1.165, 1.54) is 30.3 Å². The van der Waals surface area contributed by atoms with Crippen molar-refractivity contribution in [3.63, 3.8) is 0 Å². The van der Waals surface area contributed by atoms with Gasteiger partial charge < -0.3 is 11.1 Å². The number of pyridine rings is 1. The van der Waals surface area contributed by atoms with Gasteiger partial charge in [-0.3, -0.25) is 4.79 Å². The van der Waals surface area contributed by atoms with Gasteiger partial charge in [0.25, 0.3) is 5.91 Å². The smallest absolute Gasteiger partial charge is 0.256 e. The van der Waals surface area contributed by atoms with Crippen LogP contribution in [0.4, 0.5) is 15.9 Å². The first-order valence-corrected chi connectivity index (χ1v) is 5.91. The number of halogens is 3. The summed E-state index contributed by atoms with van der Waals surface area (Å²) >= 11 is 11.5. The quantitative estimate of drug-likeness (QED) is 0.836. The van der Waals surface area contributed by atoms with Crippen LogP contribution in [0.2, 0.25) is 10.2 Å². The molecule has 0 radical (unpaired) electrons. The number of rotatable bonds is 2. The molecule has 1 amide bonds. The fourth-order valence-electron chi connectivity index (χ4n) is 1.45. The van der Waals surface area contributed by atoms with E-state index < -0.39 is 11.7 Å². The summed E-state index contributed by atoms with van der Waals surface area (Å²) in [6.45, 7) is 0. The summed E-state index contributed by atoms with van der Waals surface area (Å²) in [5.74, 6) is -1.12. The molecule has 1 heterocycles. The predicted molar refractivity (Wildman–Crippen MR) is 73.0 cm³/mol. The predicted octanol–water partition coefficient (Wildman–Crippen LogP) is 3.36. The highest BCUT2D eigenvalue weighted by molar-refractivity contribution is 6.34. The molecule has 0 unspecified atom stereocenters. The van der Waals surface area contributed by atoms with Crippen molar-refractivity contribution in [3.05, 3.63) is 51.9 Å². The number of amides is 1. The second-order valence-corrected chi connectivity index (χ2v) is 4.45. The zero-order valence-corrected chi connectivity index (χ0v) is 11.0. The lowest BCUT2D eigenvalue weighted by Gasteiger charge is -2.08. The van der Waals surface area contributed by atoms with Crippen LogP contribution in [0.15, 0.2) is 30.3 Å². The van der Waals surface area contributed by atoms with Gasteiger partial charge in [0.05, 0.1) is 10.7 Å². The molecule has 0 saturated carbocycles. The van der Waals surface area contributed by atoms with Gasteiger partial charge in [0, 0.05) is 5.56 Å². The van der Waals surface area contributed by atoms with Gasteiger partial charge in [0.15, 0.2) is 0 Å². The highest BCUT2D eigenvalue weighted by Gasteiger charge is 2.13. The summed E-state index contributed by atoms with van der Waals surface area (Å²) in [5, 5.41) is 2.53. The Kier molecular flexibility index (Phi) is 3.87. The van der Waals surface area contributed by atoms with Gasteiger partial charge in [-0.2, -0.15) is 0 Å². The zero-order chi connectivity index (χ0) is 14.0. The lowest BCUT2D eigenvalue weighted by molar-refractivity contribution is 0.102. The van der Waals surface area contributed by atoms with Crippen LogP contribution in [0.3, 0.4) is 0 Å². The molecular weight excluding hydrogens is 292 g/mol. The Bertz CT molecular complexity index is 608. The van der Waals surface area contributed by atoms with Crippen molar-refractivity contribution in [1.82, 2.24) is 4.98 Å². The van der Waals surface area contributed by atoms with Gasteiger partial charge in [0.2, 0.25) is 0 Å². The van der Waals surface area contributed by atoms with E-state index in [2.05, 4.69) is 10.3 Å². The lowest BCUT2D eigenvalue weighted by atomic mass is 10.2. The van der Waals surface area contributed by atoms with E-state index in [4.69, 9.17) is 28.9 Å². The molecule has 2 rings (SSSR count). The third-order valence-electron chi connectivity index (χ3n) is 2.28. The molecule has 0 spiro atoms. The first kappa shape index (κ1) is 13.6. The molecule has 98 valence electrons. The van der Waals surface area contributed by atoms with E-state index in [0.717, 1.165) is 0 Å². The molecular formula is C12H8Cl2FN3O. The number of aromatic nitrogens is 1. The fraction of sp³-hybridized carbons (Fsp3) is 0. The third kappa shape index (κ3) is 3.13. The zero-order valence-electron chi connectivity index (χ0n) is 9.45. The SMILES string of the molecule is Nc1cc(C(=O)Nc2c(F)cccc2Cl)cc(Cl)n1. The van der Waals surface area contributed by atoms with E-state index in [0.29, 0.717) is 0 Å². The summed E-state index contributed by atoms with van der Waals surface area (Å²) < 4.78 is 13.5. The second kappa shape index (κ2) is 5.42. The molecule has 0 fully saturated rings. The number of hydrogen-bond acceptors (Lipinski definition) is 3. The van der Waals surface area contributed by atoms with Crippen LogP contribution in [0.5, 0.6) is 0 Å². The number of nitrogens with one attached hydrogen (secondary N) is 1. The Morgan fingerprint density at radius 3 is 2.68 bits per heavy atom. The average Bonchev–Trinajstić information content (AvgIpc) is 2.32. The number of nitrogens with two attached hydrogens (primary N) is 1. The maximum atomic E-state index is 13.5. The number of carbonyl (C=O) groups is 1. The van der Waals surface area contributed by atoms with E-state index >= 15 is 0 Å². The van der Waals surface area contributed by atoms with Crippen LogP contribution in [-0.2, 0) is 0 Å². The van der Waals surface area contributed by atoms with Crippen molar-refractivity contribution >= 4 is 40.6 Å². The topological polar surface area (TPSA) is 68.0 Å². The molecule has 0 atom stereocenters. The fourth-order valence-corrected chi connectivity index (χ4v) is 1.88. The Morgan fingerprint density at radius 2 is 2.05 bits per heavy atom. The van der Waals surface area contributed by atoms with Gasteiger partial charge in [-0.15, -0.1) is 0 Å². The molecule has 1 aromatic heterocycles. The molecule has 0 aliphatic heterocycles. The Balaban J connectivity index is 2.31. The average molecular weight is 300 g/mol. The van der Waals surface area contributed by atoms with Crippen LogP contribution in [0, 0.1) is 5.82 Å². The number of nitrogens with zero attached hydrogens (tertiary/aromatic N) is 1. The maximum Gasteiger partial charge on any atom is 0.256 e. The normalized spacial score (nSPS) is 10.3. The van der Waals surface area contributed by atoms with Gasteiger partial charge in [-0.1, -0.05) is 29.3 Å². The van der Waals surface area contributed by atoms with Crippen LogP contribution >= 0.6 is 23.2 Å². The number of carbonyl (C=O) groups excluding carboxylic acids is 1. The van der Waals surface area contributed by atoms with E-state index in [9.17, 15) is 9.18 Å². The standard InChI is InChI=1S/C12H8Cl2FN3O/c13-7-2-1-3-8(15)11(7)18-12(19)6-4-9(14)17-10(16)5-6/h1-5H,(H2,16,17)(H,18,19). The first-order chi connectivity index (χ1) is 8.97. The van der Waals surface area contributed by atoms with Crippen molar-refractivity contribution in [2.75, 3.05) is 11.1 Å². The van der Waals surface area contributed by atoms with Crippen molar-refractivity contribution < 1.29 is 9.18 Å². The first-order valence-electron chi connectivity index (χ1n) is 5.16. The molecule has 1 aromatic carbocycles. The number of nitrogen functional groups attached to an aromatic ring is 1. The molecule has 7 heteroatoms. The Hall–Kier alpha value is -1.85. The van der Waals surface area contributed by atoms with Crippen LogP contribution in [0.1, 0.15) is 10.4 Å². The minimum atomic E-state index is -0.631. The van der Waals surface area contributed by atoms with Crippen molar-refractivity contribution in [2.24, 2.45) is 0 Å². The van der Waals surface area contributed by atoms with Crippen molar-refractivity contribution in [1.29, 1.82) is 0 Å². The van der Waals surface area contributed by atoms with Gasteiger partial charge >= 0.3 is 0 Å². The van der Waals surface area contributed by atoms with E-state index in [-0.39, 0.29) is 27.2 Å². The third-order valence-corrected chi connectivity index (χ3v) is 2.79. The number of hydrogen-bond donors (Lipinski definition) is 2. The maximum absolute atomic E-state index is 13.5. The van der Waals surface area contributed by atoms with Crippen LogP contribution in [-0.4, -0.2) is 10.9 Å². The molecule has 4 nitrogen and oxygen atoms in total. The summed E-state index contributed by atoms with van der Waals surface area (Å²) in [6, 6.07) is 6.75. The highest BCUT2D eigenvalue weighted by atomic mass is 35.5. The molecule has 0 bridgehead atoms. The Labute approximate surface area is 118 Å². The van der Waals surface area contributed by atoms with Gasteiger partial charge in [-0.25, -0.2) is 9.37 Å². The molecule has 19 heavy (non-hydrogen) atoms. The molecule has 0 saturated heterocycles. The number of para-hydroxylation sites is 1. The number of benzene rings is 1. The largest absolute Gasteiger partial charge is 0.384 e. The molecule has 2 aromatic rings. The Morgan fingerprint density at radius 1 is 1.32 bits per heavy atom. The second-order valence-electron chi connectivity index (χ2n) is 3.65. The summed E-state index contributed by atoms with van der Waals surface area (Å²) in [6.07, 6.45) is 0. The lowest BCUT2D eigenvalue weighted by Crippen LogP contribution is -2.14. The monoisotopic (exact) mass is 299 g/mol. The highest BCUT2D eigenvalue weighted by Crippen LogP contribution is 2.25. The van der Waals surface area contributed by atoms with Crippen molar-refractivity contribution in [2.45, 2.75) is 0 Å². The molecule has 3 N–H and O–H groups in total. The van der Waals surface area contributed by atoms with E-state index in [1.54, 1.807) is 0 Å². The van der Waals surface area contributed by atoms with E-state index in [1.807, 2.05) is 0 Å². The molecule has 0 aliphatic carbocycles. The van der Waals surface area contributed by atoms with Crippen LogP contribution < -0.4 is 11.1 Å². The minimum Gasteiger partial charge on any atom is -0.384 e. The minimum absolute atomic E-state index is 0.0739. The summed E-state index contributed by atoms with van der Waals surface area (Å²) in [4.78, 5) is 15.7. The van der Waals surface area contributed by atoms with Gasteiger partial charge in [-0.05, 0) is 24.3 Å². The van der Waals surface area contributed by atoms with Crippen molar-refractivity contribution in [3.8, 4) is 0 Å². The van der Waals surface area contributed by atoms with Crippen LogP contribution in [0.25, 0.3) is 0 Å².